The van der Waals surface area contributed by atoms with E-state index < -0.39 is 0 Å². The van der Waals surface area contributed by atoms with Crippen LogP contribution in [-0.2, 0) is 0 Å². The van der Waals surface area contributed by atoms with E-state index in [1.165, 1.54) is 4.90 Å². The largest absolute Gasteiger partial charge is 0.373 e. The Hall–Kier alpha value is -1.55. The third-order valence-electron chi connectivity index (χ3n) is 2.94. The first-order valence-electron chi connectivity index (χ1n) is 6.35. The molecule has 1 aromatic heterocycles. The van der Waals surface area contributed by atoms with Crippen molar-refractivity contribution in [3.8, 4) is 11.4 Å². The predicted octanol–water partition coefficient (Wildman–Crippen LogP) is 4.03. The van der Waals surface area contributed by atoms with Crippen molar-refractivity contribution in [1.29, 1.82) is 0 Å². The van der Waals surface area contributed by atoms with Gasteiger partial charge in [-0.1, -0.05) is 26.0 Å². The first kappa shape index (κ1) is 13.9. The second-order valence-corrected chi connectivity index (χ2v) is 5.51. The summed E-state index contributed by atoms with van der Waals surface area (Å²) in [6, 6.07) is 10.4. The van der Waals surface area contributed by atoms with Crippen molar-refractivity contribution in [2.45, 2.75) is 24.7 Å². The lowest BCUT2D eigenvalue weighted by Gasteiger charge is -2.10. The van der Waals surface area contributed by atoms with Crippen LogP contribution in [0, 0.1) is 0 Å². The van der Waals surface area contributed by atoms with Crippen LogP contribution < -0.4 is 5.32 Å². The molecule has 1 aromatic carbocycles. The summed E-state index contributed by atoms with van der Waals surface area (Å²) in [5, 5.41) is 3.10. The highest BCUT2D eigenvalue weighted by Crippen LogP contribution is 2.23. The third-order valence-corrected chi connectivity index (χ3v) is 3.69. The van der Waals surface area contributed by atoms with Gasteiger partial charge in [0.15, 0.2) is 5.82 Å². The maximum absolute atomic E-state index is 4.65. The molecule has 0 saturated heterocycles. The number of rotatable bonds is 4. The van der Waals surface area contributed by atoms with Crippen LogP contribution in [0.15, 0.2) is 35.2 Å². The molecule has 3 nitrogen and oxygen atoms in total. The summed E-state index contributed by atoms with van der Waals surface area (Å²) in [6.45, 7) is 4.28. The first-order chi connectivity index (χ1) is 9.13. The Labute approximate surface area is 118 Å². The van der Waals surface area contributed by atoms with Gasteiger partial charge in [0.25, 0.3) is 0 Å². The van der Waals surface area contributed by atoms with Crippen LogP contribution in [0.3, 0.4) is 0 Å². The Morgan fingerprint density at radius 3 is 2.32 bits per heavy atom. The summed E-state index contributed by atoms with van der Waals surface area (Å²) in [5.41, 5.74) is 2.11. The molecule has 100 valence electrons. The molecule has 2 aromatic rings. The van der Waals surface area contributed by atoms with Gasteiger partial charge >= 0.3 is 0 Å². The van der Waals surface area contributed by atoms with Gasteiger partial charge in [0, 0.05) is 29.3 Å². The molecule has 2 rings (SSSR count). The fourth-order valence-corrected chi connectivity index (χ4v) is 2.17. The summed E-state index contributed by atoms with van der Waals surface area (Å²) < 4.78 is 0. The number of hydrogen-bond acceptors (Lipinski definition) is 4. The normalized spacial score (nSPS) is 10.8. The molecule has 0 spiro atoms. The number of benzene rings is 1. The zero-order valence-corrected chi connectivity index (χ0v) is 12.6. The van der Waals surface area contributed by atoms with Gasteiger partial charge in [0.05, 0.1) is 0 Å². The molecule has 0 atom stereocenters. The maximum Gasteiger partial charge on any atom is 0.161 e. The molecule has 19 heavy (non-hydrogen) atoms. The SMILES string of the molecule is CNc1cc(C(C)C)nc(-c2ccc(SC)cc2)n1. The number of anilines is 1. The van der Waals surface area contributed by atoms with Crippen molar-refractivity contribution < 1.29 is 0 Å². The summed E-state index contributed by atoms with van der Waals surface area (Å²) in [7, 11) is 1.88. The molecule has 0 saturated carbocycles. The van der Waals surface area contributed by atoms with Gasteiger partial charge in [0.1, 0.15) is 5.82 Å². The molecule has 1 heterocycles. The Balaban J connectivity index is 2.44. The van der Waals surface area contributed by atoms with E-state index in [0.717, 1.165) is 22.9 Å². The molecule has 0 unspecified atom stereocenters. The number of thioether (sulfide) groups is 1. The number of nitrogens with zero attached hydrogens (tertiary/aromatic N) is 2. The lowest BCUT2D eigenvalue weighted by atomic mass is 10.1. The smallest absolute Gasteiger partial charge is 0.161 e. The second kappa shape index (κ2) is 6.06. The zero-order valence-electron chi connectivity index (χ0n) is 11.8. The van der Waals surface area contributed by atoms with Crippen LogP contribution >= 0.6 is 11.8 Å². The molecule has 0 aliphatic carbocycles. The van der Waals surface area contributed by atoms with Gasteiger partial charge in [-0.3, -0.25) is 0 Å². The van der Waals surface area contributed by atoms with Crippen molar-refractivity contribution in [2.75, 3.05) is 18.6 Å². The van der Waals surface area contributed by atoms with Gasteiger partial charge in [0.2, 0.25) is 0 Å². The van der Waals surface area contributed by atoms with Gasteiger partial charge in [-0.15, -0.1) is 11.8 Å². The Kier molecular flexibility index (Phi) is 4.43. The number of nitrogens with one attached hydrogen (secondary N) is 1. The van der Waals surface area contributed by atoms with Crippen molar-refractivity contribution in [1.82, 2.24) is 9.97 Å². The molecular formula is C15H19N3S. The van der Waals surface area contributed by atoms with Gasteiger partial charge < -0.3 is 5.32 Å². The average Bonchev–Trinajstić information content (AvgIpc) is 2.46. The van der Waals surface area contributed by atoms with E-state index in [4.69, 9.17) is 0 Å². The van der Waals surface area contributed by atoms with Crippen LogP contribution in [0.5, 0.6) is 0 Å². The summed E-state index contributed by atoms with van der Waals surface area (Å²) in [4.78, 5) is 10.4. The number of aromatic nitrogens is 2. The lowest BCUT2D eigenvalue weighted by Crippen LogP contribution is -2.02. The second-order valence-electron chi connectivity index (χ2n) is 4.63. The summed E-state index contributed by atoms with van der Waals surface area (Å²) >= 11 is 1.74. The molecule has 1 N–H and O–H groups in total. The molecule has 0 amide bonds. The quantitative estimate of drug-likeness (QED) is 0.853. The predicted molar refractivity (Wildman–Crippen MR) is 82.9 cm³/mol. The van der Waals surface area contributed by atoms with E-state index in [1.807, 2.05) is 13.1 Å². The van der Waals surface area contributed by atoms with Gasteiger partial charge in [-0.2, -0.15) is 0 Å². The zero-order chi connectivity index (χ0) is 13.8. The first-order valence-corrected chi connectivity index (χ1v) is 7.57. The molecule has 0 fully saturated rings. The third kappa shape index (κ3) is 3.26. The number of hydrogen-bond donors (Lipinski definition) is 1. The van der Waals surface area contributed by atoms with E-state index in [-0.39, 0.29) is 0 Å². The standard InChI is InChI=1S/C15H19N3S/c1-10(2)13-9-14(16-3)18-15(17-13)11-5-7-12(19-4)8-6-11/h5-10H,1-4H3,(H,16,17,18). The molecule has 0 aliphatic rings. The topological polar surface area (TPSA) is 37.8 Å². The van der Waals surface area contributed by atoms with Crippen LogP contribution in [-0.4, -0.2) is 23.3 Å². The highest BCUT2D eigenvalue weighted by Gasteiger charge is 2.08. The van der Waals surface area contributed by atoms with E-state index in [2.05, 4.69) is 59.7 Å². The monoisotopic (exact) mass is 273 g/mol. The molecule has 0 bridgehead atoms. The summed E-state index contributed by atoms with van der Waals surface area (Å²) in [5.74, 6) is 2.03. The van der Waals surface area contributed by atoms with E-state index >= 15 is 0 Å². The van der Waals surface area contributed by atoms with E-state index in [0.29, 0.717) is 5.92 Å². The van der Waals surface area contributed by atoms with E-state index in [9.17, 15) is 0 Å². The van der Waals surface area contributed by atoms with Gasteiger partial charge in [-0.05, 0) is 24.3 Å². The fourth-order valence-electron chi connectivity index (χ4n) is 1.76. The van der Waals surface area contributed by atoms with Crippen LogP contribution in [0.2, 0.25) is 0 Å². The molecule has 0 aliphatic heterocycles. The lowest BCUT2D eigenvalue weighted by molar-refractivity contribution is 0.817. The van der Waals surface area contributed by atoms with Crippen molar-refractivity contribution in [2.24, 2.45) is 0 Å². The van der Waals surface area contributed by atoms with Crippen molar-refractivity contribution in [3.63, 3.8) is 0 Å². The van der Waals surface area contributed by atoms with Crippen LogP contribution in [0.25, 0.3) is 11.4 Å². The highest BCUT2D eigenvalue weighted by molar-refractivity contribution is 7.98. The minimum absolute atomic E-state index is 0.388. The maximum atomic E-state index is 4.65. The Morgan fingerprint density at radius 2 is 1.79 bits per heavy atom. The van der Waals surface area contributed by atoms with Crippen molar-refractivity contribution >= 4 is 17.6 Å². The molecule has 0 radical (unpaired) electrons. The average molecular weight is 273 g/mol. The van der Waals surface area contributed by atoms with E-state index in [1.54, 1.807) is 11.8 Å². The summed E-state index contributed by atoms with van der Waals surface area (Å²) in [6.07, 6.45) is 2.07. The highest BCUT2D eigenvalue weighted by atomic mass is 32.2. The van der Waals surface area contributed by atoms with Crippen molar-refractivity contribution in [3.05, 3.63) is 36.0 Å². The minimum Gasteiger partial charge on any atom is -0.373 e. The molecular weight excluding hydrogens is 254 g/mol. The van der Waals surface area contributed by atoms with Gasteiger partial charge in [-0.25, -0.2) is 9.97 Å². The van der Waals surface area contributed by atoms with Crippen LogP contribution in [0.4, 0.5) is 5.82 Å². The fraction of sp³-hybridized carbons (Fsp3) is 0.333. The molecule has 4 heteroatoms. The Bertz CT molecular complexity index is 550. The Morgan fingerprint density at radius 1 is 1.11 bits per heavy atom. The minimum atomic E-state index is 0.388. The van der Waals surface area contributed by atoms with Crippen LogP contribution in [0.1, 0.15) is 25.5 Å².